The number of nitriles is 1. The summed E-state index contributed by atoms with van der Waals surface area (Å²) in [5.74, 6) is -0.475. The van der Waals surface area contributed by atoms with Gasteiger partial charge in [-0.05, 0) is 38.8 Å². The Morgan fingerprint density at radius 1 is 1.46 bits per heavy atom. The first-order chi connectivity index (χ1) is 11.2. The number of hydrogen-bond acceptors (Lipinski definition) is 5. The minimum absolute atomic E-state index is 0.146. The summed E-state index contributed by atoms with van der Waals surface area (Å²) < 4.78 is 10.5. The summed E-state index contributed by atoms with van der Waals surface area (Å²) in [7, 11) is 0. The average Bonchev–Trinajstić information content (AvgIpc) is 2.47. The molecule has 1 aliphatic heterocycles. The third kappa shape index (κ3) is 4.05. The number of carbonyl (C=O) groups excluding carboxylic acids is 2. The van der Waals surface area contributed by atoms with Crippen molar-refractivity contribution < 1.29 is 19.1 Å². The quantitative estimate of drug-likeness (QED) is 0.779. The van der Waals surface area contributed by atoms with E-state index < -0.39 is 23.7 Å². The highest BCUT2D eigenvalue weighted by Gasteiger charge is 2.37. The maximum absolute atomic E-state index is 12.4. The van der Waals surface area contributed by atoms with Gasteiger partial charge < -0.3 is 9.47 Å². The molecule has 0 radical (unpaired) electrons. The first-order valence-corrected chi connectivity index (χ1v) is 7.88. The van der Waals surface area contributed by atoms with Gasteiger partial charge in [0, 0.05) is 6.42 Å². The molecular formula is C18H22N2O4. The van der Waals surface area contributed by atoms with Crippen LogP contribution in [-0.2, 0) is 20.7 Å². The topological polar surface area (TPSA) is 79.6 Å². The van der Waals surface area contributed by atoms with Crippen molar-refractivity contribution in [1.82, 2.24) is 4.90 Å². The van der Waals surface area contributed by atoms with E-state index in [0.717, 1.165) is 11.1 Å². The van der Waals surface area contributed by atoms with Crippen LogP contribution in [0.15, 0.2) is 18.2 Å². The van der Waals surface area contributed by atoms with Gasteiger partial charge >= 0.3 is 12.1 Å². The number of aryl methyl sites for hydroxylation is 1. The van der Waals surface area contributed by atoms with E-state index in [-0.39, 0.29) is 19.6 Å². The molecule has 0 aromatic heterocycles. The van der Waals surface area contributed by atoms with Gasteiger partial charge in [0.05, 0.1) is 18.2 Å². The Kier molecular flexibility index (Phi) is 5.13. The van der Waals surface area contributed by atoms with Gasteiger partial charge in [-0.15, -0.1) is 0 Å². The predicted octanol–water partition coefficient (Wildman–Crippen LogP) is 2.57. The fraction of sp³-hybridized carbons (Fsp3) is 0.500. The number of ether oxygens (including phenoxy) is 2. The smallest absolute Gasteiger partial charge is 0.411 e. The number of rotatable bonds is 2. The number of nitrogens with zero attached hydrogens (tertiary/aromatic N) is 2. The average molecular weight is 330 g/mol. The third-order valence-electron chi connectivity index (χ3n) is 3.74. The van der Waals surface area contributed by atoms with Crippen molar-refractivity contribution in [3.05, 3.63) is 34.9 Å². The molecule has 24 heavy (non-hydrogen) atoms. The molecule has 1 heterocycles. The minimum Gasteiger partial charge on any atom is -0.462 e. The highest BCUT2D eigenvalue weighted by Crippen LogP contribution is 2.21. The molecule has 128 valence electrons. The van der Waals surface area contributed by atoms with Crippen LogP contribution in [0.2, 0.25) is 0 Å². The first-order valence-electron chi connectivity index (χ1n) is 7.88. The van der Waals surface area contributed by atoms with Gasteiger partial charge in [-0.25, -0.2) is 9.59 Å². The molecule has 0 aliphatic carbocycles. The Morgan fingerprint density at radius 2 is 2.17 bits per heavy atom. The van der Waals surface area contributed by atoms with Crippen LogP contribution in [0, 0.1) is 18.3 Å². The molecule has 0 N–H and O–H groups in total. The van der Waals surface area contributed by atoms with Crippen LogP contribution >= 0.6 is 0 Å². The largest absolute Gasteiger partial charge is 0.462 e. The van der Waals surface area contributed by atoms with E-state index in [9.17, 15) is 14.9 Å². The Hall–Kier alpha value is -2.55. The number of carbonyl (C=O) groups is 2. The third-order valence-corrected chi connectivity index (χ3v) is 3.74. The molecule has 6 heteroatoms. The number of hydrogen-bond donors (Lipinski definition) is 0. The maximum Gasteiger partial charge on any atom is 0.411 e. The van der Waals surface area contributed by atoms with E-state index in [0.29, 0.717) is 5.56 Å². The molecule has 0 bridgehead atoms. The van der Waals surface area contributed by atoms with E-state index in [1.165, 1.54) is 4.90 Å². The number of esters is 1. The number of amides is 1. The van der Waals surface area contributed by atoms with E-state index in [1.54, 1.807) is 26.8 Å². The second-order valence-electron chi connectivity index (χ2n) is 6.78. The van der Waals surface area contributed by atoms with Crippen molar-refractivity contribution in [1.29, 1.82) is 5.26 Å². The van der Waals surface area contributed by atoms with Crippen LogP contribution < -0.4 is 0 Å². The van der Waals surface area contributed by atoms with Crippen molar-refractivity contribution in [3.8, 4) is 6.07 Å². The highest BCUT2D eigenvalue weighted by molar-refractivity contribution is 5.83. The summed E-state index contributed by atoms with van der Waals surface area (Å²) in [6.07, 6.45) is -0.321. The SMILES string of the molecule is Cc1cccc(CC2C(=O)OCCN2C(=O)OC(C)(C)C)c1C#N. The standard InChI is InChI=1S/C18H22N2O4/c1-12-6-5-7-13(14(12)11-19)10-15-16(21)23-9-8-20(15)17(22)24-18(2,3)4/h5-7,15H,8-10H2,1-4H3. The van der Waals surface area contributed by atoms with Crippen molar-refractivity contribution in [2.24, 2.45) is 0 Å². The second-order valence-corrected chi connectivity index (χ2v) is 6.78. The summed E-state index contributed by atoms with van der Waals surface area (Å²) >= 11 is 0. The summed E-state index contributed by atoms with van der Waals surface area (Å²) in [6.45, 7) is 7.59. The lowest BCUT2D eigenvalue weighted by Gasteiger charge is -2.35. The van der Waals surface area contributed by atoms with Crippen molar-refractivity contribution in [2.75, 3.05) is 13.2 Å². The molecule has 1 unspecified atom stereocenters. The van der Waals surface area contributed by atoms with E-state index in [4.69, 9.17) is 9.47 Å². The Balaban J connectivity index is 2.28. The fourth-order valence-electron chi connectivity index (χ4n) is 2.62. The van der Waals surface area contributed by atoms with Gasteiger partial charge in [0.15, 0.2) is 0 Å². The molecule has 0 spiro atoms. The zero-order valence-corrected chi connectivity index (χ0v) is 14.5. The molecule has 2 rings (SSSR count). The van der Waals surface area contributed by atoms with Crippen molar-refractivity contribution in [2.45, 2.75) is 45.8 Å². The lowest BCUT2D eigenvalue weighted by molar-refractivity contribution is -0.156. The Labute approximate surface area is 142 Å². The fourth-order valence-corrected chi connectivity index (χ4v) is 2.62. The van der Waals surface area contributed by atoms with Crippen LogP contribution in [0.5, 0.6) is 0 Å². The van der Waals surface area contributed by atoms with Crippen LogP contribution in [0.1, 0.15) is 37.5 Å². The lowest BCUT2D eigenvalue weighted by atomic mass is 9.96. The summed E-state index contributed by atoms with van der Waals surface area (Å²) in [5, 5.41) is 9.35. The van der Waals surface area contributed by atoms with Crippen LogP contribution in [0.3, 0.4) is 0 Å². The Bertz CT molecular complexity index is 685. The van der Waals surface area contributed by atoms with E-state index >= 15 is 0 Å². The summed E-state index contributed by atoms with van der Waals surface area (Å²) in [6, 6.07) is 6.84. The lowest BCUT2D eigenvalue weighted by Crippen LogP contribution is -2.53. The molecule has 1 amide bonds. The van der Waals surface area contributed by atoms with E-state index in [1.807, 2.05) is 19.1 Å². The Morgan fingerprint density at radius 3 is 2.79 bits per heavy atom. The molecule has 0 saturated carbocycles. The van der Waals surface area contributed by atoms with Gasteiger partial charge in [0.2, 0.25) is 0 Å². The van der Waals surface area contributed by atoms with Crippen LogP contribution in [0.25, 0.3) is 0 Å². The maximum atomic E-state index is 12.4. The first kappa shape index (κ1) is 17.8. The van der Waals surface area contributed by atoms with Gasteiger partial charge in [-0.3, -0.25) is 4.90 Å². The zero-order valence-electron chi connectivity index (χ0n) is 14.5. The van der Waals surface area contributed by atoms with E-state index in [2.05, 4.69) is 6.07 Å². The number of morpholine rings is 1. The zero-order chi connectivity index (χ0) is 17.9. The molecule has 1 aromatic carbocycles. The number of cyclic esters (lactones) is 1. The molecule has 1 saturated heterocycles. The molecule has 1 aromatic rings. The normalized spacial score (nSPS) is 17.9. The second kappa shape index (κ2) is 6.91. The van der Waals surface area contributed by atoms with Crippen LogP contribution in [-0.4, -0.2) is 41.8 Å². The summed E-state index contributed by atoms with van der Waals surface area (Å²) in [4.78, 5) is 26.0. The van der Waals surface area contributed by atoms with Gasteiger partial charge in [0.25, 0.3) is 0 Å². The van der Waals surface area contributed by atoms with Crippen molar-refractivity contribution in [3.63, 3.8) is 0 Å². The van der Waals surface area contributed by atoms with Crippen molar-refractivity contribution >= 4 is 12.1 Å². The van der Waals surface area contributed by atoms with Gasteiger partial charge in [0.1, 0.15) is 18.2 Å². The van der Waals surface area contributed by atoms with Crippen LogP contribution in [0.4, 0.5) is 4.79 Å². The molecule has 1 fully saturated rings. The molecular weight excluding hydrogens is 308 g/mol. The monoisotopic (exact) mass is 330 g/mol. The number of benzene rings is 1. The molecule has 1 atom stereocenters. The predicted molar refractivity (Wildman–Crippen MR) is 87.3 cm³/mol. The van der Waals surface area contributed by atoms with Gasteiger partial charge in [-0.2, -0.15) is 5.26 Å². The molecule has 6 nitrogen and oxygen atoms in total. The summed E-state index contributed by atoms with van der Waals surface area (Å²) in [5.41, 5.74) is 1.43. The highest BCUT2D eigenvalue weighted by atomic mass is 16.6. The van der Waals surface area contributed by atoms with Gasteiger partial charge in [-0.1, -0.05) is 18.2 Å². The minimum atomic E-state index is -0.789. The molecule has 1 aliphatic rings.